The van der Waals surface area contributed by atoms with Gasteiger partial charge < -0.3 is 28.8 Å². The SMILES string of the molecule is COc1cc2c(N3CCOc4ccc(-c5ccc6nc(C)[nH]c6c5)cc4C3)ncnc2c(OC)c1OC. The summed E-state index contributed by atoms with van der Waals surface area (Å²) in [6, 6.07) is 14.5. The minimum absolute atomic E-state index is 0.501. The van der Waals surface area contributed by atoms with Crippen molar-refractivity contribution in [2.24, 2.45) is 0 Å². The van der Waals surface area contributed by atoms with Gasteiger partial charge in [0.15, 0.2) is 11.5 Å². The van der Waals surface area contributed by atoms with Gasteiger partial charge in [-0.25, -0.2) is 15.0 Å². The molecule has 0 saturated carbocycles. The Morgan fingerprint density at radius 3 is 2.54 bits per heavy atom. The number of fused-ring (bicyclic) bond motifs is 3. The van der Waals surface area contributed by atoms with Gasteiger partial charge >= 0.3 is 0 Å². The molecule has 188 valence electrons. The number of nitrogens with zero attached hydrogens (tertiary/aromatic N) is 4. The molecule has 0 bridgehead atoms. The standard InChI is InChI=1S/C28H27N5O4/c1-16-31-21-7-5-18(12-22(21)32-16)17-6-8-23-19(11-17)14-33(9-10-37-23)28-20-13-24(34-2)26(35-3)27(36-4)25(20)29-15-30-28/h5-8,11-13,15H,9-10,14H2,1-4H3,(H,31,32). The van der Waals surface area contributed by atoms with Crippen molar-refractivity contribution in [2.75, 3.05) is 39.4 Å². The largest absolute Gasteiger partial charge is 0.493 e. The highest BCUT2D eigenvalue weighted by molar-refractivity contribution is 5.97. The van der Waals surface area contributed by atoms with Crippen LogP contribution in [0.3, 0.4) is 0 Å². The summed E-state index contributed by atoms with van der Waals surface area (Å²) in [5, 5.41) is 0.816. The molecular weight excluding hydrogens is 470 g/mol. The predicted octanol–water partition coefficient (Wildman–Crippen LogP) is 4.91. The van der Waals surface area contributed by atoms with Gasteiger partial charge in [-0.15, -0.1) is 0 Å². The summed E-state index contributed by atoms with van der Waals surface area (Å²) in [7, 11) is 4.78. The van der Waals surface area contributed by atoms with Gasteiger partial charge in [0.25, 0.3) is 0 Å². The first kappa shape index (κ1) is 22.9. The first-order valence-corrected chi connectivity index (χ1v) is 12.0. The second-order valence-corrected chi connectivity index (χ2v) is 8.89. The number of aryl methyl sites for hydroxylation is 1. The molecule has 0 aliphatic carbocycles. The lowest BCUT2D eigenvalue weighted by Gasteiger charge is -2.23. The van der Waals surface area contributed by atoms with Crippen LogP contribution in [0.5, 0.6) is 23.0 Å². The monoisotopic (exact) mass is 497 g/mol. The van der Waals surface area contributed by atoms with Crippen LogP contribution in [0.15, 0.2) is 48.8 Å². The number of methoxy groups -OCH3 is 3. The molecule has 3 aromatic carbocycles. The number of rotatable bonds is 5. The Balaban J connectivity index is 1.42. The maximum absolute atomic E-state index is 6.13. The molecule has 5 aromatic rings. The maximum atomic E-state index is 6.13. The summed E-state index contributed by atoms with van der Waals surface area (Å²) in [5.74, 6) is 4.13. The third-order valence-electron chi connectivity index (χ3n) is 6.69. The lowest BCUT2D eigenvalue weighted by Crippen LogP contribution is -2.26. The number of benzene rings is 3. The zero-order valence-electron chi connectivity index (χ0n) is 21.2. The molecule has 0 saturated heterocycles. The van der Waals surface area contributed by atoms with Crippen LogP contribution in [0.1, 0.15) is 11.4 Å². The highest BCUT2D eigenvalue weighted by Gasteiger charge is 2.24. The molecule has 1 aliphatic rings. The number of hydrogen-bond acceptors (Lipinski definition) is 8. The van der Waals surface area contributed by atoms with Crippen LogP contribution < -0.4 is 23.8 Å². The van der Waals surface area contributed by atoms with Crippen LogP contribution in [-0.4, -0.2) is 54.4 Å². The van der Waals surface area contributed by atoms with Crippen molar-refractivity contribution in [1.82, 2.24) is 19.9 Å². The van der Waals surface area contributed by atoms with Crippen molar-refractivity contribution in [2.45, 2.75) is 13.5 Å². The van der Waals surface area contributed by atoms with Gasteiger partial charge in [0, 0.05) is 12.1 Å². The first-order valence-electron chi connectivity index (χ1n) is 12.0. The molecule has 0 atom stereocenters. The number of ether oxygens (including phenoxy) is 4. The molecule has 0 radical (unpaired) electrons. The number of imidazole rings is 1. The Morgan fingerprint density at radius 2 is 1.73 bits per heavy atom. The Bertz CT molecular complexity index is 1630. The topological polar surface area (TPSA) is 94.6 Å². The minimum Gasteiger partial charge on any atom is -0.493 e. The number of anilines is 1. The van der Waals surface area contributed by atoms with Crippen LogP contribution >= 0.6 is 0 Å². The van der Waals surface area contributed by atoms with E-state index in [9.17, 15) is 0 Å². The zero-order valence-corrected chi connectivity index (χ0v) is 21.2. The lowest BCUT2D eigenvalue weighted by atomic mass is 10.0. The second kappa shape index (κ2) is 9.16. The van der Waals surface area contributed by atoms with Gasteiger partial charge in [0.2, 0.25) is 5.75 Å². The van der Waals surface area contributed by atoms with E-state index in [4.69, 9.17) is 18.9 Å². The Hall–Kier alpha value is -4.53. The fourth-order valence-electron chi connectivity index (χ4n) is 4.97. The van der Waals surface area contributed by atoms with Crippen molar-refractivity contribution in [3.8, 4) is 34.1 Å². The molecule has 0 unspecified atom stereocenters. The van der Waals surface area contributed by atoms with Gasteiger partial charge in [-0.2, -0.15) is 0 Å². The fraction of sp³-hybridized carbons (Fsp3) is 0.250. The van der Waals surface area contributed by atoms with Gasteiger partial charge in [0.05, 0.1) is 44.3 Å². The molecule has 6 rings (SSSR count). The summed E-state index contributed by atoms with van der Waals surface area (Å²) in [5.41, 5.74) is 5.95. The van der Waals surface area contributed by atoms with Gasteiger partial charge in [-0.05, 0) is 48.4 Å². The Morgan fingerprint density at radius 1 is 0.919 bits per heavy atom. The molecule has 1 N–H and O–H groups in total. The van der Waals surface area contributed by atoms with E-state index in [0.29, 0.717) is 42.5 Å². The fourth-order valence-corrected chi connectivity index (χ4v) is 4.97. The van der Waals surface area contributed by atoms with Crippen molar-refractivity contribution in [1.29, 1.82) is 0 Å². The minimum atomic E-state index is 0.501. The number of aromatic nitrogens is 4. The molecule has 0 amide bonds. The highest BCUT2D eigenvalue weighted by atomic mass is 16.5. The van der Waals surface area contributed by atoms with Gasteiger partial charge in [0.1, 0.15) is 35.8 Å². The van der Waals surface area contributed by atoms with E-state index in [1.807, 2.05) is 25.1 Å². The van der Waals surface area contributed by atoms with Crippen LogP contribution in [0.4, 0.5) is 5.82 Å². The van der Waals surface area contributed by atoms with Crippen LogP contribution in [0.2, 0.25) is 0 Å². The third kappa shape index (κ3) is 3.92. The van der Waals surface area contributed by atoms with E-state index in [2.05, 4.69) is 49.1 Å². The second-order valence-electron chi connectivity index (χ2n) is 8.89. The molecule has 1 aliphatic heterocycles. The summed E-state index contributed by atoms with van der Waals surface area (Å²) in [6.07, 6.45) is 1.55. The predicted molar refractivity (Wildman–Crippen MR) is 142 cm³/mol. The lowest BCUT2D eigenvalue weighted by molar-refractivity contribution is 0.326. The molecule has 3 heterocycles. The van der Waals surface area contributed by atoms with Gasteiger partial charge in [-0.3, -0.25) is 0 Å². The average molecular weight is 498 g/mol. The normalized spacial score (nSPS) is 13.2. The molecule has 37 heavy (non-hydrogen) atoms. The summed E-state index contributed by atoms with van der Waals surface area (Å²) in [4.78, 5) is 19.2. The van der Waals surface area contributed by atoms with Crippen LogP contribution in [-0.2, 0) is 6.54 Å². The van der Waals surface area contributed by atoms with Crippen LogP contribution in [0.25, 0.3) is 33.1 Å². The number of hydrogen-bond donors (Lipinski definition) is 1. The van der Waals surface area contributed by atoms with E-state index < -0.39 is 0 Å². The van der Waals surface area contributed by atoms with Gasteiger partial charge in [-0.1, -0.05) is 12.1 Å². The molecule has 9 heteroatoms. The van der Waals surface area contributed by atoms with E-state index in [0.717, 1.165) is 50.5 Å². The molecule has 2 aromatic heterocycles. The third-order valence-corrected chi connectivity index (χ3v) is 6.69. The zero-order chi connectivity index (χ0) is 25.5. The average Bonchev–Trinajstić information content (AvgIpc) is 3.17. The smallest absolute Gasteiger partial charge is 0.205 e. The Labute approximate surface area is 214 Å². The Kier molecular flexibility index (Phi) is 5.67. The quantitative estimate of drug-likeness (QED) is 0.366. The summed E-state index contributed by atoms with van der Waals surface area (Å²) >= 11 is 0. The molecule has 0 fully saturated rings. The number of nitrogens with one attached hydrogen (secondary N) is 1. The van der Waals surface area contributed by atoms with Crippen LogP contribution in [0, 0.1) is 6.92 Å². The number of aromatic amines is 1. The van der Waals surface area contributed by atoms with Crippen molar-refractivity contribution in [3.63, 3.8) is 0 Å². The molecular formula is C28H27N5O4. The van der Waals surface area contributed by atoms with E-state index in [-0.39, 0.29) is 0 Å². The first-order chi connectivity index (χ1) is 18.1. The summed E-state index contributed by atoms with van der Waals surface area (Å²) in [6.45, 7) is 3.78. The summed E-state index contributed by atoms with van der Waals surface area (Å²) < 4.78 is 22.9. The van der Waals surface area contributed by atoms with E-state index in [1.165, 1.54) is 0 Å². The van der Waals surface area contributed by atoms with E-state index in [1.54, 1.807) is 27.7 Å². The van der Waals surface area contributed by atoms with E-state index >= 15 is 0 Å². The number of H-pyrrole nitrogens is 1. The van der Waals surface area contributed by atoms with Crippen molar-refractivity contribution < 1.29 is 18.9 Å². The highest BCUT2D eigenvalue weighted by Crippen LogP contribution is 2.44. The molecule has 9 nitrogen and oxygen atoms in total. The van der Waals surface area contributed by atoms with Crippen molar-refractivity contribution >= 4 is 27.8 Å². The molecule has 0 spiro atoms. The maximum Gasteiger partial charge on any atom is 0.205 e. The van der Waals surface area contributed by atoms with Crippen molar-refractivity contribution in [3.05, 3.63) is 60.2 Å².